The van der Waals surface area contributed by atoms with Crippen molar-refractivity contribution in [1.82, 2.24) is 10.3 Å². The lowest BCUT2D eigenvalue weighted by Gasteiger charge is -2.09. The number of rotatable bonds is 8. The van der Waals surface area contributed by atoms with E-state index in [1.54, 1.807) is 0 Å². The van der Waals surface area contributed by atoms with Gasteiger partial charge in [0.1, 0.15) is 0 Å². The Morgan fingerprint density at radius 3 is 2.84 bits per heavy atom. The lowest BCUT2D eigenvalue weighted by atomic mass is 10.1. The maximum atomic E-state index is 5.76. The maximum absolute atomic E-state index is 5.76. The molecule has 0 unspecified atom stereocenters. The van der Waals surface area contributed by atoms with E-state index >= 15 is 0 Å². The van der Waals surface area contributed by atoms with E-state index < -0.39 is 0 Å². The highest BCUT2D eigenvalue weighted by molar-refractivity contribution is 5.13. The lowest BCUT2D eigenvalue weighted by molar-refractivity contribution is 0.0867. The standard InChI is InChI=1S/C16H26N2O/c1-2-9-17-10-15-7-8-16(18-11-15)13-19-12-14-5-3-4-6-14/h7-8,11,14,17H,2-6,9-10,12-13H2,1H3. The molecule has 0 aromatic carbocycles. The van der Waals surface area contributed by atoms with Crippen molar-refractivity contribution in [2.45, 2.75) is 52.2 Å². The molecular weight excluding hydrogens is 236 g/mol. The van der Waals surface area contributed by atoms with E-state index in [0.717, 1.165) is 31.3 Å². The van der Waals surface area contributed by atoms with E-state index in [1.165, 1.54) is 37.7 Å². The molecule has 1 N–H and O–H groups in total. The second kappa shape index (κ2) is 8.28. The molecule has 0 radical (unpaired) electrons. The van der Waals surface area contributed by atoms with Crippen molar-refractivity contribution in [3.8, 4) is 0 Å². The van der Waals surface area contributed by atoms with Gasteiger partial charge in [0, 0.05) is 19.3 Å². The molecule has 1 heterocycles. The minimum absolute atomic E-state index is 0.652. The van der Waals surface area contributed by atoms with E-state index in [1.807, 2.05) is 6.20 Å². The third-order valence-corrected chi connectivity index (χ3v) is 3.72. The van der Waals surface area contributed by atoms with Crippen LogP contribution in [0.3, 0.4) is 0 Å². The van der Waals surface area contributed by atoms with Crippen LogP contribution >= 0.6 is 0 Å². The van der Waals surface area contributed by atoms with Crippen molar-refractivity contribution >= 4 is 0 Å². The van der Waals surface area contributed by atoms with Crippen LogP contribution in [0, 0.1) is 5.92 Å². The lowest BCUT2D eigenvalue weighted by Crippen LogP contribution is -2.14. The van der Waals surface area contributed by atoms with Crippen molar-refractivity contribution in [2.75, 3.05) is 13.2 Å². The van der Waals surface area contributed by atoms with Crippen LogP contribution < -0.4 is 5.32 Å². The van der Waals surface area contributed by atoms with Crippen molar-refractivity contribution in [2.24, 2.45) is 5.92 Å². The van der Waals surface area contributed by atoms with Crippen LogP contribution in [-0.4, -0.2) is 18.1 Å². The first-order valence-corrected chi connectivity index (χ1v) is 7.60. The van der Waals surface area contributed by atoms with E-state index in [9.17, 15) is 0 Å². The molecule has 1 aromatic rings. The summed E-state index contributed by atoms with van der Waals surface area (Å²) in [5.41, 5.74) is 2.28. The van der Waals surface area contributed by atoms with Crippen molar-refractivity contribution in [3.05, 3.63) is 29.6 Å². The van der Waals surface area contributed by atoms with Crippen LogP contribution in [0.15, 0.2) is 18.3 Å². The quantitative estimate of drug-likeness (QED) is 0.730. The molecule has 3 heteroatoms. The first-order chi connectivity index (χ1) is 9.38. The smallest absolute Gasteiger partial charge is 0.0887 e. The third-order valence-electron chi connectivity index (χ3n) is 3.72. The average molecular weight is 262 g/mol. The number of aromatic nitrogens is 1. The van der Waals surface area contributed by atoms with Gasteiger partial charge in [-0.3, -0.25) is 4.98 Å². The number of nitrogens with one attached hydrogen (secondary N) is 1. The molecule has 0 saturated heterocycles. The molecule has 3 nitrogen and oxygen atoms in total. The van der Waals surface area contributed by atoms with Gasteiger partial charge >= 0.3 is 0 Å². The predicted molar refractivity (Wildman–Crippen MR) is 77.8 cm³/mol. The molecule has 0 atom stereocenters. The second-order valence-electron chi connectivity index (χ2n) is 5.50. The van der Waals surface area contributed by atoms with E-state index in [0.29, 0.717) is 6.61 Å². The van der Waals surface area contributed by atoms with Gasteiger partial charge in [-0.15, -0.1) is 0 Å². The molecule has 1 fully saturated rings. The zero-order valence-electron chi connectivity index (χ0n) is 12.0. The van der Waals surface area contributed by atoms with Crippen molar-refractivity contribution in [3.63, 3.8) is 0 Å². The summed E-state index contributed by atoms with van der Waals surface area (Å²) in [5, 5.41) is 3.38. The predicted octanol–water partition coefficient (Wildman–Crippen LogP) is 3.29. The number of ether oxygens (including phenoxy) is 1. The fourth-order valence-electron chi connectivity index (χ4n) is 2.56. The molecule has 0 spiro atoms. The highest BCUT2D eigenvalue weighted by Gasteiger charge is 2.14. The Kier molecular flexibility index (Phi) is 6.31. The molecule has 0 bridgehead atoms. The Hall–Kier alpha value is -0.930. The van der Waals surface area contributed by atoms with Gasteiger partial charge in [0.15, 0.2) is 0 Å². The topological polar surface area (TPSA) is 34.1 Å². The first-order valence-electron chi connectivity index (χ1n) is 7.60. The summed E-state index contributed by atoms with van der Waals surface area (Å²) in [5.74, 6) is 0.789. The maximum Gasteiger partial charge on any atom is 0.0887 e. The zero-order valence-corrected chi connectivity index (χ0v) is 12.0. The third kappa shape index (κ3) is 5.29. The molecule has 1 aliphatic carbocycles. The second-order valence-corrected chi connectivity index (χ2v) is 5.50. The minimum Gasteiger partial charge on any atom is -0.375 e. The summed E-state index contributed by atoms with van der Waals surface area (Å²) in [7, 11) is 0. The Balaban J connectivity index is 1.66. The summed E-state index contributed by atoms with van der Waals surface area (Å²) in [6.07, 6.45) is 8.57. The zero-order chi connectivity index (χ0) is 13.3. The van der Waals surface area contributed by atoms with Crippen LogP contribution in [0.25, 0.3) is 0 Å². The number of nitrogens with zero attached hydrogens (tertiary/aromatic N) is 1. The molecular formula is C16H26N2O. The van der Waals surface area contributed by atoms with Crippen molar-refractivity contribution < 1.29 is 4.74 Å². The van der Waals surface area contributed by atoms with Gasteiger partial charge in [0.25, 0.3) is 0 Å². The Morgan fingerprint density at radius 2 is 2.16 bits per heavy atom. The number of hydrogen-bond donors (Lipinski definition) is 1. The van der Waals surface area contributed by atoms with Gasteiger partial charge < -0.3 is 10.1 Å². The molecule has 1 aliphatic rings. The highest BCUT2D eigenvalue weighted by atomic mass is 16.5. The summed E-state index contributed by atoms with van der Waals surface area (Å²) < 4.78 is 5.76. The first kappa shape index (κ1) is 14.5. The minimum atomic E-state index is 0.652. The largest absolute Gasteiger partial charge is 0.375 e. The summed E-state index contributed by atoms with van der Waals surface area (Å²) in [6, 6.07) is 4.22. The summed E-state index contributed by atoms with van der Waals surface area (Å²) in [4.78, 5) is 4.46. The molecule has 106 valence electrons. The van der Waals surface area contributed by atoms with E-state index in [-0.39, 0.29) is 0 Å². The Morgan fingerprint density at radius 1 is 1.32 bits per heavy atom. The molecule has 0 amide bonds. The van der Waals surface area contributed by atoms with Crippen LogP contribution in [0.4, 0.5) is 0 Å². The van der Waals surface area contributed by atoms with Crippen molar-refractivity contribution in [1.29, 1.82) is 0 Å². The molecule has 19 heavy (non-hydrogen) atoms. The fourth-order valence-corrected chi connectivity index (χ4v) is 2.56. The van der Waals surface area contributed by atoms with Gasteiger partial charge in [0.05, 0.1) is 12.3 Å². The summed E-state index contributed by atoms with van der Waals surface area (Å²) >= 11 is 0. The van der Waals surface area contributed by atoms with Crippen LogP contribution in [0.1, 0.15) is 50.3 Å². The molecule has 1 saturated carbocycles. The fraction of sp³-hybridized carbons (Fsp3) is 0.688. The number of pyridine rings is 1. The van der Waals surface area contributed by atoms with Gasteiger partial charge in [-0.1, -0.05) is 25.8 Å². The molecule has 2 rings (SSSR count). The monoisotopic (exact) mass is 262 g/mol. The highest BCUT2D eigenvalue weighted by Crippen LogP contribution is 2.24. The number of hydrogen-bond acceptors (Lipinski definition) is 3. The van der Waals surface area contributed by atoms with Crippen LogP contribution in [0.2, 0.25) is 0 Å². The van der Waals surface area contributed by atoms with E-state index in [2.05, 4.69) is 29.4 Å². The normalized spacial score (nSPS) is 16.1. The van der Waals surface area contributed by atoms with Gasteiger partial charge in [-0.2, -0.15) is 0 Å². The van der Waals surface area contributed by atoms with Crippen LogP contribution in [-0.2, 0) is 17.9 Å². The SMILES string of the molecule is CCCNCc1ccc(COCC2CCCC2)nc1. The average Bonchev–Trinajstić information content (AvgIpc) is 2.94. The van der Waals surface area contributed by atoms with E-state index in [4.69, 9.17) is 4.74 Å². The van der Waals surface area contributed by atoms with Gasteiger partial charge in [-0.05, 0) is 43.4 Å². The Bertz CT molecular complexity index is 344. The summed E-state index contributed by atoms with van der Waals surface area (Å²) in [6.45, 7) is 5.70. The Labute approximate surface area is 116 Å². The van der Waals surface area contributed by atoms with Gasteiger partial charge in [-0.25, -0.2) is 0 Å². The van der Waals surface area contributed by atoms with Gasteiger partial charge in [0.2, 0.25) is 0 Å². The molecule has 0 aliphatic heterocycles. The van der Waals surface area contributed by atoms with Crippen LogP contribution in [0.5, 0.6) is 0 Å². The molecule has 1 aromatic heterocycles.